The topological polar surface area (TPSA) is 70.2 Å². The maximum Gasteiger partial charge on any atom is 0.241 e. The van der Waals surface area contributed by atoms with Crippen LogP contribution in [0, 0.1) is 6.92 Å². The van der Waals surface area contributed by atoms with Crippen LogP contribution >= 0.6 is 0 Å². The number of carbonyl (C=O) groups excluding carboxylic acids is 2. The van der Waals surface area contributed by atoms with E-state index < -0.39 is 0 Å². The Morgan fingerprint density at radius 2 is 1.83 bits per heavy atom. The smallest absolute Gasteiger partial charge is 0.241 e. The highest BCUT2D eigenvalue weighted by molar-refractivity contribution is 5.97. The van der Waals surface area contributed by atoms with Gasteiger partial charge in [0.15, 0.2) is 0 Å². The first kappa shape index (κ1) is 16.2. The Bertz CT molecular complexity index is 786. The summed E-state index contributed by atoms with van der Waals surface area (Å²) in [5, 5.41) is 8.98. The lowest BCUT2D eigenvalue weighted by Gasteiger charge is -2.25. The van der Waals surface area contributed by atoms with E-state index in [0.29, 0.717) is 24.3 Å². The van der Waals surface area contributed by atoms with Crippen LogP contribution in [-0.2, 0) is 22.6 Å². The van der Waals surface area contributed by atoms with Crippen molar-refractivity contribution in [2.75, 3.05) is 10.6 Å². The van der Waals surface area contributed by atoms with Gasteiger partial charge in [-0.2, -0.15) is 0 Å². The summed E-state index contributed by atoms with van der Waals surface area (Å²) in [7, 11) is 0. The Balaban J connectivity index is 1.72. The molecule has 0 bridgehead atoms. The zero-order valence-corrected chi connectivity index (χ0v) is 13.8. The van der Waals surface area contributed by atoms with Crippen molar-refractivity contribution in [3.63, 3.8) is 0 Å². The third-order valence-electron chi connectivity index (χ3n) is 4.21. The van der Waals surface area contributed by atoms with E-state index in [1.807, 2.05) is 31.2 Å². The predicted molar refractivity (Wildman–Crippen MR) is 94.9 cm³/mol. The first-order valence-corrected chi connectivity index (χ1v) is 8.02. The molecule has 0 aromatic heterocycles. The number of anilines is 2. The minimum absolute atomic E-state index is 0.0624. The molecular formula is C19H21N3O2. The summed E-state index contributed by atoms with van der Waals surface area (Å²) in [5.41, 5.74) is 4.79. The molecule has 0 radical (unpaired) electrons. The second-order valence-electron chi connectivity index (χ2n) is 6.11. The van der Waals surface area contributed by atoms with Gasteiger partial charge in [-0.1, -0.05) is 30.3 Å². The Labute approximate surface area is 141 Å². The van der Waals surface area contributed by atoms with Gasteiger partial charge >= 0.3 is 0 Å². The quantitative estimate of drug-likeness (QED) is 0.813. The van der Waals surface area contributed by atoms with Crippen LogP contribution in [0.5, 0.6) is 0 Å². The molecule has 5 nitrogen and oxygen atoms in total. The molecule has 1 heterocycles. The van der Waals surface area contributed by atoms with E-state index >= 15 is 0 Å². The number of amides is 2. The minimum atomic E-state index is -0.260. The van der Waals surface area contributed by atoms with Crippen LogP contribution in [0.3, 0.4) is 0 Å². The third kappa shape index (κ3) is 3.63. The molecule has 24 heavy (non-hydrogen) atoms. The highest BCUT2D eigenvalue weighted by Crippen LogP contribution is 2.22. The zero-order chi connectivity index (χ0) is 17.1. The van der Waals surface area contributed by atoms with Gasteiger partial charge in [-0.15, -0.1) is 0 Å². The van der Waals surface area contributed by atoms with E-state index in [2.05, 4.69) is 28.1 Å². The first-order chi connectivity index (χ1) is 11.5. The van der Waals surface area contributed by atoms with Gasteiger partial charge in [-0.05, 0) is 42.2 Å². The largest absolute Gasteiger partial charge is 0.326 e. The molecule has 1 atom stereocenters. The van der Waals surface area contributed by atoms with Crippen molar-refractivity contribution in [1.82, 2.24) is 5.32 Å². The highest BCUT2D eigenvalue weighted by Gasteiger charge is 2.24. The average molecular weight is 323 g/mol. The van der Waals surface area contributed by atoms with Gasteiger partial charge < -0.3 is 16.0 Å². The summed E-state index contributed by atoms with van der Waals surface area (Å²) < 4.78 is 0. The fraction of sp³-hybridized carbons (Fsp3) is 0.263. The van der Waals surface area contributed by atoms with Crippen LogP contribution in [0.2, 0.25) is 0 Å². The number of benzene rings is 2. The van der Waals surface area contributed by atoms with Crippen LogP contribution in [0.1, 0.15) is 23.6 Å². The molecule has 2 aromatic carbocycles. The fourth-order valence-electron chi connectivity index (χ4n) is 2.90. The fourth-order valence-corrected chi connectivity index (χ4v) is 2.90. The molecule has 124 valence electrons. The summed E-state index contributed by atoms with van der Waals surface area (Å²) >= 11 is 0. The molecule has 0 spiro atoms. The molecule has 1 unspecified atom stereocenters. The maximum absolute atomic E-state index is 12.6. The van der Waals surface area contributed by atoms with Gasteiger partial charge in [-0.25, -0.2) is 0 Å². The molecule has 3 rings (SSSR count). The van der Waals surface area contributed by atoms with Crippen LogP contribution in [0.4, 0.5) is 11.4 Å². The van der Waals surface area contributed by atoms with E-state index in [1.54, 1.807) is 6.07 Å². The van der Waals surface area contributed by atoms with E-state index in [-0.39, 0.29) is 17.9 Å². The second kappa shape index (κ2) is 6.84. The first-order valence-electron chi connectivity index (χ1n) is 8.02. The summed E-state index contributed by atoms with van der Waals surface area (Å²) in [6.45, 7) is 4.08. The molecule has 1 aliphatic heterocycles. The summed E-state index contributed by atoms with van der Waals surface area (Å²) in [5.74, 6) is -0.200. The van der Waals surface area contributed by atoms with E-state index in [1.165, 1.54) is 18.1 Å². The molecule has 0 saturated heterocycles. The monoisotopic (exact) mass is 323 g/mol. The Morgan fingerprint density at radius 1 is 1.08 bits per heavy atom. The number of rotatable bonds is 3. The van der Waals surface area contributed by atoms with Crippen molar-refractivity contribution < 1.29 is 9.59 Å². The third-order valence-corrected chi connectivity index (χ3v) is 4.21. The van der Waals surface area contributed by atoms with Crippen molar-refractivity contribution in [1.29, 1.82) is 0 Å². The van der Waals surface area contributed by atoms with Gasteiger partial charge in [0, 0.05) is 24.8 Å². The maximum atomic E-state index is 12.6. The molecular weight excluding hydrogens is 302 g/mol. The molecule has 5 heteroatoms. The Morgan fingerprint density at radius 3 is 2.58 bits per heavy atom. The number of fused-ring (bicyclic) bond motifs is 1. The Kier molecular flexibility index (Phi) is 4.62. The Hall–Kier alpha value is -2.66. The van der Waals surface area contributed by atoms with Crippen molar-refractivity contribution in [2.24, 2.45) is 0 Å². The molecule has 0 aliphatic carbocycles. The normalized spacial score (nSPS) is 16.2. The van der Waals surface area contributed by atoms with Crippen LogP contribution in [0.25, 0.3) is 0 Å². The number of hydrogen-bond acceptors (Lipinski definition) is 3. The van der Waals surface area contributed by atoms with E-state index in [0.717, 1.165) is 5.56 Å². The lowest BCUT2D eigenvalue weighted by molar-refractivity contribution is -0.118. The standard InChI is InChI=1S/C19H21N3O2/c1-12-7-8-16(21-13(2)23)10-17(12)22-19(24)18-9-14-5-3-4-6-15(14)11-20-18/h3-8,10,18,20H,9,11H2,1-2H3,(H,21,23)(H,22,24). The van der Waals surface area contributed by atoms with Crippen LogP contribution in [0.15, 0.2) is 42.5 Å². The lowest BCUT2D eigenvalue weighted by atomic mass is 9.95. The second-order valence-corrected chi connectivity index (χ2v) is 6.11. The van der Waals surface area contributed by atoms with Gasteiger partial charge in [0.25, 0.3) is 0 Å². The van der Waals surface area contributed by atoms with Gasteiger partial charge in [0.1, 0.15) is 0 Å². The molecule has 2 aromatic rings. The number of carbonyl (C=O) groups is 2. The molecule has 2 amide bonds. The highest BCUT2D eigenvalue weighted by atomic mass is 16.2. The van der Waals surface area contributed by atoms with Crippen LogP contribution in [-0.4, -0.2) is 17.9 Å². The van der Waals surface area contributed by atoms with Crippen molar-refractivity contribution in [3.8, 4) is 0 Å². The van der Waals surface area contributed by atoms with E-state index in [4.69, 9.17) is 0 Å². The molecule has 1 aliphatic rings. The number of nitrogens with one attached hydrogen (secondary N) is 3. The summed E-state index contributed by atoms with van der Waals surface area (Å²) in [4.78, 5) is 23.8. The minimum Gasteiger partial charge on any atom is -0.326 e. The van der Waals surface area contributed by atoms with Crippen molar-refractivity contribution >= 4 is 23.2 Å². The van der Waals surface area contributed by atoms with Crippen molar-refractivity contribution in [2.45, 2.75) is 32.9 Å². The number of aryl methyl sites for hydroxylation is 1. The molecule has 0 fully saturated rings. The number of hydrogen-bond donors (Lipinski definition) is 3. The summed E-state index contributed by atoms with van der Waals surface area (Å²) in [6, 6.07) is 13.4. The molecule has 0 saturated carbocycles. The predicted octanol–water partition coefficient (Wildman–Crippen LogP) is 2.61. The molecule has 3 N–H and O–H groups in total. The average Bonchev–Trinajstić information content (AvgIpc) is 2.57. The lowest BCUT2D eigenvalue weighted by Crippen LogP contribution is -2.44. The van der Waals surface area contributed by atoms with Gasteiger partial charge in [0.05, 0.1) is 6.04 Å². The summed E-state index contributed by atoms with van der Waals surface area (Å²) in [6.07, 6.45) is 0.673. The van der Waals surface area contributed by atoms with Gasteiger partial charge in [-0.3, -0.25) is 9.59 Å². The van der Waals surface area contributed by atoms with Gasteiger partial charge in [0.2, 0.25) is 11.8 Å². The zero-order valence-electron chi connectivity index (χ0n) is 13.8. The van der Waals surface area contributed by atoms with E-state index in [9.17, 15) is 9.59 Å². The van der Waals surface area contributed by atoms with Crippen LogP contribution < -0.4 is 16.0 Å². The van der Waals surface area contributed by atoms with Crippen molar-refractivity contribution in [3.05, 3.63) is 59.2 Å². The SMILES string of the molecule is CC(=O)Nc1ccc(C)c(NC(=O)C2Cc3ccccc3CN2)c1.